The van der Waals surface area contributed by atoms with Gasteiger partial charge in [0.25, 0.3) is 5.91 Å². The van der Waals surface area contributed by atoms with E-state index < -0.39 is 15.7 Å². The second kappa shape index (κ2) is 9.41. The van der Waals surface area contributed by atoms with Crippen LogP contribution >= 0.6 is 35.0 Å². The Morgan fingerprint density at radius 2 is 1.94 bits per heavy atom. The first-order chi connectivity index (χ1) is 16.1. The molecule has 9 nitrogen and oxygen atoms in total. The summed E-state index contributed by atoms with van der Waals surface area (Å²) in [5, 5.41) is 14.1. The molecule has 0 aliphatic carbocycles. The lowest BCUT2D eigenvalue weighted by molar-refractivity contribution is -0.114. The van der Waals surface area contributed by atoms with Crippen LogP contribution in [0.15, 0.2) is 52.1 Å². The molecular formula is C21H16Cl2N4O5S2. The van der Waals surface area contributed by atoms with Gasteiger partial charge in [-0.3, -0.25) is 10.2 Å². The summed E-state index contributed by atoms with van der Waals surface area (Å²) in [6, 6.07) is 10.4. The van der Waals surface area contributed by atoms with Crippen molar-refractivity contribution in [2.24, 2.45) is 10.1 Å². The normalized spacial score (nSPS) is 16.9. The first-order valence-electron chi connectivity index (χ1n) is 9.52. The number of fused-ring (bicyclic) bond motifs is 1. The van der Waals surface area contributed by atoms with Gasteiger partial charge in [0.05, 0.1) is 17.7 Å². The fraction of sp³-hybridized carbons (Fsp3) is 0.143. The van der Waals surface area contributed by atoms with Gasteiger partial charge in [0.15, 0.2) is 17.3 Å². The number of amides is 1. The van der Waals surface area contributed by atoms with Crippen molar-refractivity contribution in [3.8, 4) is 11.5 Å². The third kappa shape index (κ3) is 4.83. The average molecular weight is 539 g/mol. The second-order valence-electron chi connectivity index (χ2n) is 7.07. The molecular weight excluding hydrogens is 523 g/mol. The summed E-state index contributed by atoms with van der Waals surface area (Å²) in [5.41, 5.74) is 1.12. The third-order valence-corrected chi connectivity index (χ3v) is 7.87. The molecule has 0 spiro atoms. The number of carbonyl (C=O) groups is 1. The molecule has 2 aliphatic heterocycles. The minimum atomic E-state index is -3.62. The van der Waals surface area contributed by atoms with Crippen LogP contribution in [0, 0.1) is 5.41 Å². The van der Waals surface area contributed by atoms with Gasteiger partial charge < -0.3 is 9.47 Å². The molecule has 13 heteroatoms. The number of carbonyl (C=O) groups excluding carboxylic acids is 1. The second-order valence-corrected chi connectivity index (χ2v) is 11.0. The van der Waals surface area contributed by atoms with Crippen LogP contribution in [-0.2, 0) is 21.2 Å². The van der Waals surface area contributed by atoms with Crippen LogP contribution in [-0.4, -0.2) is 48.1 Å². The predicted octanol–water partition coefficient (Wildman–Crippen LogP) is 4.20. The molecule has 0 bridgehead atoms. The Kier molecular flexibility index (Phi) is 6.72. The highest BCUT2D eigenvalue weighted by Gasteiger charge is 2.38. The molecule has 2 heterocycles. The first kappa shape index (κ1) is 24.3. The number of nitrogens with one attached hydrogen (secondary N) is 1. The number of amidine groups is 2. The van der Waals surface area contributed by atoms with Gasteiger partial charge in [-0.1, -0.05) is 41.4 Å². The Morgan fingerprint density at radius 1 is 1.21 bits per heavy atom. The van der Waals surface area contributed by atoms with E-state index >= 15 is 0 Å². The van der Waals surface area contributed by atoms with Crippen LogP contribution in [0.25, 0.3) is 6.08 Å². The summed E-state index contributed by atoms with van der Waals surface area (Å²) in [6.07, 6.45) is 2.39. The van der Waals surface area contributed by atoms with E-state index in [2.05, 4.69) is 10.1 Å². The molecule has 2 aromatic carbocycles. The Hall–Kier alpha value is -2.86. The van der Waals surface area contributed by atoms with Gasteiger partial charge in [0, 0.05) is 16.8 Å². The number of rotatable bonds is 5. The van der Waals surface area contributed by atoms with Crippen LogP contribution in [0.4, 0.5) is 0 Å². The summed E-state index contributed by atoms with van der Waals surface area (Å²) in [4.78, 5) is 16.4. The maximum absolute atomic E-state index is 12.6. The van der Waals surface area contributed by atoms with Gasteiger partial charge in [-0.15, -0.1) is 5.10 Å². The number of methoxy groups -OCH3 is 1. The number of aliphatic imine (C=N–C) groups is 1. The standard InChI is InChI=1S/C21H16Cl2N4O5S2/c1-31-16-9-11(8-15(23)17(16)32-10-12-5-3-4-6-14(12)22)7-13-18(24)27-20(25-19(13)28)33-21(26-27)34(2,29)30/h3-9,24H,10H2,1-2H3/b13-7-,24-18?. The van der Waals surface area contributed by atoms with Gasteiger partial charge >= 0.3 is 0 Å². The van der Waals surface area contributed by atoms with Crippen molar-refractivity contribution in [2.75, 3.05) is 13.4 Å². The molecule has 0 atom stereocenters. The monoisotopic (exact) mass is 538 g/mol. The van der Waals surface area contributed by atoms with Gasteiger partial charge in [0.2, 0.25) is 19.4 Å². The molecule has 4 rings (SSSR count). The zero-order valence-electron chi connectivity index (χ0n) is 17.7. The molecule has 0 unspecified atom stereocenters. The zero-order chi connectivity index (χ0) is 24.6. The van der Waals surface area contributed by atoms with E-state index in [9.17, 15) is 13.2 Å². The lowest BCUT2D eigenvalue weighted by atomic mass is 10.1. The zero-order valence-corrected chi connectivity index (χ0v) is 20.8. The van der Waals surface area contributed by atoms with E-state index in [4.69, 9.17) is 38.1 Å². The van der Waals surface area contributed by atoms with Crippen LogP contribution in [0.5, 0.6) is 11.5 Å². The number of nitrogens with zero attached hydrogens (tertiary/aromatic N) is 3. The van der Waals surface area contributed by atoms with Gasteiger partial charge in [-0.05, 0) is 41.6 Å². The van der Waals surface area contributed by atoms with Gasteiger partial charge in [-0.2, -0.15) is 10.0 Å². The number of sulfone groups is 1. The maximum Gasteiger partial charge on any atom is 0.283 e. The van der Waals surface area contributed by atoms with Gasteiger partial charge in [0.1, 0.15) is 6.61 Å². The van der Waals surface area contributed by atoms with Crippen molar-refractivity contribution in [1.82, 2.24) is 5.01 Å². The average Bonchev–Trinajstić information content (AvgIpc) is 3.21. The van der Waals surface area contributed by atoms with Crippen molar-refractivity contribution in [3.05, 3.63) is 63.1 Å². The first-order valence-corrected chi connectivity index (χ1v) is 13.0. The van der Waals surface area contributed by atoms with E-state index in [1.807, 2.05) is 18.2 Å². The topological polar surface area (TPSA) is 121 Å². The smallest absolute Gasteiger partial charge is 0.283 e. The lowest BCUT2D eigenvalue weighted by Crippen LogP contribution is -2.35. The number of hydrogen-bond donors (Lipinski definition) is 1. The Balaban J connectivity index is 1.64. The molecule has 176 valence electrons. The fourth-order valence-electron chi connectivity index (χ4n) is 3.02. The summed E-state index contributed by atoms with van der Waals surface area (Å²) in [7, 11) is -2.18. The molecule has 1 N–H and O–H groups in total. The van der Waals surface area contributed by atoms with Crippen molar-refractivity contribution in [3.63, 3.8) is 0 Å². The van der Waals surface area contributed by atoms with Crippen molar-refractivity contribution < 1.29 is 22.7 Å². The number of halogens is 2. The largest absolute Gasteiger partial charge is 0.493 e. The van der Waals surface area contributed by atoms with E-state index in [1.54, 1.807) is 18.2 Å². The fourth-order valence-corrected chi connectivity index (χ4v) is 5.17. The van der Waals surface area contributed by atoms with E-state index in [0.29, 0.717) is 28.1 Å². The molecule has 0 aromatic heterocycles. The van der Waals surface area contributed by atoms with Crippen molar-refractivity contribution in [1.29, 1.82) is 5.41 Å². The number of hydrazone groups is 1. The highest BCUT2D eigenvalue weighted by Crippen LogP contribution is 2.38. The molecule has 0 radical (unpaired) electrons. The highest BCUT2D eigenvalue weighted by molar-refractivity contribution is 8.42. The minimum Gasteiger partial charge on any atom is -0.493 e. The van der Waals surface area contributed by atoms with E-state index in [-0.39, 0.29) is 38.3 Å². The van der Waals surface area contributed by atoms with Crippen LogP contribution < -0.4 is 9.47 Å². The van der Waals surface area contributed by atoms with Crippen molar-refractivity contribution >= 4 is 72.2 Å². The Bertz CT molecular complexity index is 1420. The minimum absolute atomic E-state index is 0.00603. The predicted molar refractivity (Wildman–Crippen MR) is 134 cm³/mol. The molecule has 0 fully saturated rings. The molecule has 0 saturated heterocycles. The number of benzene rings is 2. The Labute approximate surface area is 209 Å². The molecule has 2 aromatic rings. The SMILES string of the molecule is COc1cc(/C=C2/C(=N)N3N=C(S(C)(=O)=O)SC3=NC2=O)cc(Cl)c1OCc1ccccc1Cl. The van der Waals surface area contributed by atoms with Crippen LogP contribution in [0.1, 0.15) is 11.1 Å². The number of hydrogen-bond acceptors (Lipinski definition) is 8. The van der Waals surface area contributed by atoms with Gasteiger partial charge in [-0.25, -0.2) is 8.42 Å². The Morgan fingerprint density at radius 3 is 2.62 bits per heavy atom. The van der Waals surface area contributed by atoms with Crippen LogP contribution in [0.3, 0.4) is 0 Å². The molecule has 2 aliphatic rings. The summed E-state index contributed by atoms with van der Waals surface area (Å²) < 4.78 is 34.6. The molecule has 0 saturated carbocycles. The third-order valence-electron chi connectivity index (χ3n) is 4.65. The quantitative estimate of drug-likeness (QED) is 0.566. The summed E-state index contributed by atoms with van der Waals surface area (Å²) in [6.45, 7) is 0.157. The molecule has 1 amide bonds. The van der Waals surface area contributed by atoms with E-state index in [0.717, 1.165) is 16.8 Å². The lowest BCUT2D eigenvalue weighted by Gasteiger charge is -2.20. The number of thioether (sulfide) groups is 1. The van der Waals surface area contributed by atoms with Crippen molar-refractivity contribution in [2.45, 2.75) is 6.61 Å². The summed E-state index contributed by atoms with van der Waals surface area (Å²) in [5.74, 6) is -0.424. The van der Waals surface area contributed by atoms with E-state index in [1.165, 1.54) is 13.2 Å². The molecule has 34 heavy (non-hydrogen) atoms. The highest BCUT2D eigenvalue weighted by atomic mass is 35.5. The maximum atomic E-state index is 12.6. The summed E-state index contributed by atoms with van der Waals surface area (Å²) >= 11 is 13.3. The number of ether oxygens (including phenoxy) is 2. The van der Waals surface area contributed by atoms with Crippen LogP contribution in [0.2, 0.25) is 10.0 Å².